The van der Waals surface area contributed by atoms with Gasteiger partial charge in [-0.1, -0.05) is 6.07 Å². The zero-order valence-corrected chi connectivity index (χ0v) is 11.6. The normalized spacial score (nSPS) is 10.4. The van der Waals surface area contributed by atoms with Gasteiger partial charge in [-0.3, -0.25) is 14.9 Å². The third-order valence-corrected chi connectivity index (χ3v) is 3.68. The van der Waals surface area contributed by atoms with E-state index in [1.807, 2.05) is 30.5 Å². The minimum absolute atomic E-state index is 0.221. The molecule has 100 valence electrons. The molecule has 1 amide bonds. The predicted molar refractivity (Wildman–Crippen MR) is 78.8 cm³/mol. The monoisotopic (exact) mass is 284 g/mol. The second-order valence-electron chi connectivity index (χ2n) is 4.29. The zero-order chi connectivity index (χ0) is 13.9. The van der Waals surface area contributed by atoms with Crippen molar-refractivity contribution in [2.75, 3.05) is 5.32 Å². The van der Waals surface area contributed by atoms with Crippen molar-refractivity contribution in [3.8, 4) is 10.6 Å². The van der Waals surface area contributed by atoms with Gasteiger partial charge in [-0.15, -0.1) is 11.3 Å². The van der Waals surface area contributed by atoms with Gasteiger partial charge in [-0.05, 0) is 30.5 Å². The van der Waals surface area contributed by atoms with Crippen LogP contribution in [0.25, 0.3) is 10.6 Å². The second kappa shape index (κ2) is 5.26. The lowest BCUT2D eigenvalue weighted by Crippen LogP contribution is -2.12. The fraction of sp³-hybridized carbons (Fsp3) is 0.0714. The number of carbonyl (C=O) groups is 1. The van der Waals surface area contributed by atoms with E-state index >= 15 is 0 Å². The van der Waals surface area contributed by atoms with Crippen LogP contribution in [-0.2, 0) is 0 Å². The Kier molecular flexibility index (Phi) is 3.30. The van der Waals surface area contributed by atoms with Crippen LogP contribution in [0.3, 0.4) is 0 Å². The number of aryl methyl sites for hydroxylation is 1. The van der Waals surface area contributed by atoms with Crippen molar-refractivity contribution in [2.24, 2.45) is 0 Å². The second-order valence-corrected chi connectivity index (χ2v) is 5.23. The summed E-state index contributed by atoms with van der Waals surface area (Å²) in [4.78, 5) is 17.2. The van der Waals surface area contributed by atoms with Gasteiger partial charge < -0.3 is 5.32 Å². The van der Waals surface area contributed by atoms with Gasteiger partial charge in [0.15, 0.2) is 5.82 Å². The van der Waals surface area contributed by atoms with Gasteiger partial charge in [0.25, 0.3) is 5.91 Å². The lowest BCUT2D eigenvalue weighted by molar-refractivity contribution is 0.102. The molecule has 0 aromatic carbocycles. The highest BCUT2D eigenvalue weighted by molar-refractivity contribution is 7.13. The summed E-state index contributed by atoms with van der Waals surface area (Å²) in [5, 5.41) is 11.7. The smallest absolute Gasteiger partial charge is 0.258 e. The summed E-state index contributed by atoms with van der Waals surface area (Å²) in [5.41, 5.74) is 2.27. The molecular formula is C14H12N4OS. The first-order valence-corrected chi connectivity index (χ1v) is 6.93. The summed E-state index contributed by atoms with van der Waals surface area (Å²) in [6.07, 6.45) is 1.55. The molecule has 0 aliphatic carbocycles. The molecule has 0 aliphatic rings. The molecule has 0 spiro atoms. The van der Waals surface area contributed by atoms with Crippen LogP contribution in [0.4, 0.5) is 5.82 Å². The van der Waals surface area contributed by atoms with Crippen molar-refractivity contribution >= 4 is 23.1 Å². The third kappa shape index (κ3) is 2.60. The highest BCUT2D eigenvalue weighted by Crippen LogP contribution is 2.24. The first-order chi connectivity index (χ1) is 9.72. The van der Waals surface area contributed by atoms with E-state index in [-0.39, 0.29) is 5.91 Å². The quantitative estimate of drug-likeness (QED) is 0.776. The molecule has 0 fully saturated rings. The zero-order valence-electron chi connectivity index (χ0n) is 10.8. The molecule has 3 aromatic heterocycles. The van der Waals surface area contributed by atoms with Crippen molar-refractivity contribution in [2.45, 2.75) is 6.92 Å². The number of nitrogens with zero attached hydrogens (tertiary/aromatic N) is 2. The third-order valence-electron chi connectivity index (χ3n) is 2.78. The Balaban J connectivity index is 1.75. The number of thiophene rings is 1. The fourth-order valence-electron chi connectivity index (χ4n) is 1.73. The van der Waals surface area contributed by atoms with E-state index in [4.69, 9.17) is 0 Å². The van der Waals surface area contributed by atoms with Gasteiger partial charge >= 0.3 is 0 Å². The standard InChI is InChI=1S/C14H12N4OS/c1-9-4-5-10(8-15-9)14(19)16-13-7-11(17-18-13)12-3-2-6-20-12/h2-8H,1H3,(H2,16,17,18,19). The number of hydrogen-bond acceptors (Lipinski definition) is 4. The molecule has 3 aromatic rings. The Bertz CT molecular complexity index is 716. The summed E-state index contributed by atoms with van der Waals surface area (Å²) in [5.74, 6) is 0.278. The summed E-state index contributed by atoms with van der Waals surface area (Å²) >= 11 is 1.61. The van der Waals surface area contributed by atoms with E-state index in [1.165, 1.54) is 0 Å². The maximum atomic E-state index is 12.0. The molecule has 5 nitrogen and oxygen atoms in total. The molecular weight excluding hydrogens is 272 g/mol. The highest BCUT2D eigenvalue weighted by atomic mass is 32.1. The molecule has 0 aliphatic heterocycles. The number of anilines is 1. The van der Waals surface area contributed by atoms with Crippen LogP contribution >= 0.6 is 11.3 Å². The van der Waals surface area contributed by atoms with Crippen molar-refractivity contribution in [1.82, 2.24) is 15.2 Å². The van der Waals surface area contributed by atoms with Gasteiger partial charge in [0, 0.05) is 18.0 Å². The van der Waals surface area contributed by atoms with Crippen molar-refractivity contribution in [3.05, 3.63) is 53.2 Å². The Labute approximate surface area is 119 Å². The molecule has 0 bridgehead atoms. The number of rotatable bonds is 3. The Morgan fingerprint density at radius 3 is 2.95 bits per heavy atom. The van der Waals surface area contributed by atoms with Gasteiger partial charge in [0.2, 0.25) is 0 Å². The van der Waals surface area contributed by atoms with Gasteiger partial charge in [0.1, 0.15) is 0 Å². The Morgan fingerprint density at radius 1 is 1.35 bits per heavy atom. The maximum Gasteiger partial charge on any atom is 0.258 e. The molecule has 0 saturated carbocycles. The molecule has 0 saturated heterocycles. The molecule has 2 N–H and O–H groups in total. The van der Waals surface area contributed by atoms with Crippen LogP contribution in [0.5, 0.6) is 0 Å². The van der Waals surface area contributed by atoms with E-state index in [0.717, 1.165) is 16.3 Å². The minimum atomic E-state index is -0.221. The minimum Gasteiger partial charge on any atom is -0.305 e. The fourth-order valence-corrected chi connectivity index (χ4v) is 2.43. The van der Waals surface area contributed by atoms with E-state index in [2.05, 4.69) is 20.5 Å². The predicted octanol–water partition coefficient (Wildman–Crippen LogP) is 3.09. The van der Waals surface area contributed by atoms with Crippen LogP contribution in [0, 0.1) is 6.92 Å². The van der Waals surface area contributed by atoms with E-state index in [0.29, 0.717) is 11.4 Å². The topological polar surface area (TPSA) is 70.7 Å². The SMILES string of the molecule is Cc1ccc(C(=O)Nc2cc(-c3cccs3)[nH]n2)cn1. The van der Waals surface area contributed by atoms with Crippen molar-refractivity contribution in [1.29, 1.82) is 0 Å². The number of aromatic nitrogens is 3. The van der Waals surface area contributed by atoms with Crippen molar-refractivity contribution in [3.63, 3.8) is 0 Å². The van der Waals surface area contributed by atoms with Crippen LogP contribution in [0.2, 0.25) is 0 Å². The lowest BCUT2D eigenvalue weighted by atomic mass is 10.2. The Morgan fingerprint density at radius 2 is 2.25 bits per heavy atom. The number of hydrogen-bond donors (Lipinski definition) is 2. The van der Waals surface area contributed by atoms with E-state index < -0.39 is 0 Å². The first-order valence-electron chi connectivity index (χ1n) is 6.06. The maximum absolute atomic E-state index is 12.0. The van der Waals surface area contributed by atoms with Crippen LogP contribution in [0.1, 0.15) is 16.1 Å². The first kappa shape index (κ1) is 12.6. The van der Waals surface area contributed by atoms with Crippen LogP contribution in [-0.4, -0.2) is 21.1 Å². The number of pyridine rings is 1. The molecule has 6 heteroatoms. The number of nitrogens with one attached hydrogen (secondary N) is 2. The Hall–Kier alpha value is -2.47. The number of amides is 1. The molecule has 3 rings (SSSR count). The van der Waals surface area contributed by atoms with Crippen LogP contribution < -0.4 is 5.32 Å². The average Bonchev–Trinajstić information content (AvgIpc) is 3.09. The number of carbonyl (C=O) groups excluding carboxylic acids is 1. The molecule has 3 heterocycles. The van der Waals surface area contributed by atoms with E-state index in [9.17, 15) is 4.79 Å². The average molecular weight is 284 g/mol. The summed E-state index contributed by atoms with van der Waals surface area (Å²) < 4.78 is 0. The largest absolute Gasteiger partial charge is 0.305 e. The van der Waals surface area contributed by atoms with Gasteiger partial charge in [0.05, 0.1) is 16.1 Å². The molecule has 0 radical (unpaired) electrons. The highest BCUT2D eigenvalue weighted by Gasteiger charge is 2.10. The molecule has 20 heavy (non-hydrogen) atoms. The van der Waals surface area contributed by atoms with Crippen molar-refractivity contribution < 1.29 is 4.79 Å². The van der Waals surface area contributed by atoms with Gasteiger partial charge in [-0.25, -0.2) is 0 Å². The number of aromatic amines is 1. The molecule has 0 unspecified atom stereocenters. The summed E-state index contributed by atoms with van der Waals surface area (Å²) in [7, 11) is 0. The number of H-pyrrole nitrogens is 1. The summed E-state index contributed by atoms with van der Waals surface area (Å²) in [6, 6.07) is 9.32. The van der Waals surface area contributed by atoms with Crippen LogP contribution in [0.15, 0.2) is 41.9 Å². The lowest BCUT2D eigenvalue weighted by Gasteiger charge is -2.01. The summed E-state index contributed by atoms with van der Waals surface area (Å²) in [6.45, 7) is 1.88. The molecule has 0 atom stereocenters. The van der Waals surface area contributed by atoms with E-state index in [1.54, 1.807) is 29.7 Å². The van der Waals surface area contributed by atoms with Gasteiger partial charge in [-0.2, -0.15) is 5.10 Å².